The summed E-state index contributed by atoms with van der Waals surface area (Å²) >= 11 is 9.75. The second kappa shape index (κ2) is 24.8. The number of H-pyrrole nitrogens is 1. The number of carbonyl (C=O) groups excluding carboxylic acids is 3. The van der Waals surface area contributed by atoms with Crippen molar-refractivity contribution in [3.8, 4) is 16.5 Å². The van der Waals surface area contributed by atoms with Crippen LogP contribution in [-0.2, 0) is 9.59 Å². The molecule has 8 heterocycles. The van der Waals surface area contributed by atoms with E-state index in [2.05, 4.69) is 79.6 Å². The van der Waals surface area contributed by atoms with E-state index < -0.39 is 0 Å². The first-order valence-electron chi connectivity index (χ1n) is 23.6. The van der Waals surface area contributed by atoms with Crippen molar-refractivity contribution in [2.24, 2.45) is 22.7 Å². The molecule has 5 aromatic heterocycles. The van der Waals surface area contributed by atoms with E-state index in [0.717, 1.165) is 88.2 Å². The summed E-state index contributed by atoms with van der Waals surface area (Å²) in [6.45, 7) is 14.7. The first-order valence-corrected chi connectivity index (χ1v) is 28.2. The summed E-state index contributed by atoms with van der Waals surface area (Å²) < 4.78 is 0. The summed E-state index contributed by atoms with van der Waals surface area (Å²) in [4.78, 5) is 55.3. The van der Waals surface area contributed by atoms with Gasteiger partial charge in [-0.3, -0.25) is 14.4 Å². The number of rotatable bonds is 21. The summed E-state index contributed by atoms with van der Waals surface area (Å²) in [5.74, 6) is 1.49. The molecule has 8 nitrogen and oxygen atoms in total. The maximum Gasteiger partial charge on any atom is 0.280 e. The predicted molar refractivity (Wildman–Crippen MR) is 280 cm³/mol. The van der Waals surface area contributed by atoms with Crippen LogP contribution in [0.15, 0.2) is 86.2 Å². The Kier molecular flexibility index (Phi) is 19.2. The standard InChI is InChI=1S/C30H40N2O2S2.C14H8N2O2S2.C8H17Br/c1-5-9-13-21(7-3)19-31-27(23-15-11-17-35-23)25-26(29(31)33)28(24-16-12-18-36-24)32(30(25)34)20-22(8-4)14-10-6-2;17-13-9-10(12(16-13)8-4-2-6-20-8)14(18)15-11(9)7-3-1-5-19-7;1-3-5-6-8(4-2)7-9/h11-12,15-18,21-22H,5-10,13-14,19-20H2,1-4H3;1-6,15,18H;8H,3-7H2,1-2H3. The highest BCUT2D eigenvalue weighted by Crippen LogP contribution is 2.49. The van der Waals surface area contributed by atoms with Gasteiger partial charge in [-0.25, -0.2) is 4.99 Å². The van der Waals surface area contributed by atoms with Gasteiger partial charge in [0.15, 0.2) is 5.88 Å². The quantitative estimate of drug-likeness (QED) is 0.0714. The molecule has 0 radical (unpaired) electrons. The monoisotopic (exact) mass is 1020 g/mol. The van der Waals surface area contributed by atoms with Crippen LogP contribution in [0.5, 0.6) is 5.88 Å². The molecule has 13 heteroatoms. The number of hydrogen-bond acceptors (Lipinski definition) is 8. The van der Waals surface area contributed by atoms with Crippen molar-refractivity contribution in [2.75, 3.05) is 18.4 Å². The lowest BCUT2D eigenvalue weighted by Gasteiger charge is -2.29. The van der Waals surface area contributed by atoms with Gasteiger partial charge in [-0.1, -0.05) is 140 Å². The van der Waals surface area contributed by atoms with Gasteiger partial charge in [-0.05, 0) is 82.8 Å². The molecule has 3 aliphatic heterocycles. The minimum Gasteiger partial charge on any atom is -0.494 e. The van der Waals surface area contributed by atoms with Crippen molar-refractivity contribution in [2.45, 2.75) is 119 Å². The van der Waals surface area contributed by atoms with E-state index in [1.807, 2.05) is 67.7 Å². The molecule has 5 aromatic rings. The minimum absolute atomic E-state index is 0.00130. The Labute approximate surface area is 410 Å². The average molecular weight is 1020 g/mol. The number of aromatic hydroxyl groups is 1. The van der Waals surface area contributed by atoms with Crippen LogP contribution in [0.4, 0.5) is 0 Å². The summed E-state index contributed by atoms with van der Waals surface area (Å²) in [5, 5.41) is 19.3. The molecule has 0 spiro atoms. The molecule has 0 saturated heterocycles. The fraction of sp³-hybridized carbons (Fsp3) is 0.462. The Morgan fingerprint density at radius 2 is 1.02 bits per heavy atom. The molecule has 3 amide bonds. The van der Waals surface area contributed by atoms with Gasteiger partial charge in [-0.15, -0.1) is 45.3 Å². The lowest BCUT2D eigenvalue weighted by Crippen LogP contribution is -2.34. The highest BCUT2D eigenvalue weighted by Gasteiger charge is 2.50. The molecular weight excluding hydrogens is 953 g/mol. The van der Waals surface area contributed by atoms with Gasteiger partial charge in [-0.2, -0.15) is 0 Å². The first kappa shape index (κ1) is 50.5. The topological polar surface area (TPSA) is 106 Å². The lowest BCUT2D eigenvalue weighted by molar-refractivity contribution is -0.124. The zero-order chi connectivity index (χ0) is 46.5. The fourth-order valence-electron chi connectivity index (χ4n) is 8.66. The van der Waals surface area contributed by atoms with Crippen molar-refractivity contribution in [3.63, 3.8) is 0 Å². The molecule has 0 aliphatic carbocycles. The van der Waals surface area contributed by atoms with E-state index in [-0.39, 0.29) is 23.6 Å². The van der Waals surface area contributed by atoms with Crippen LogP contribution in [0, 0.1) is 17.8 Å². The summed E-state index contributed by atoms with van der Waals surface area (Å²) in [6.07, 6.45) is 14.4. The van der Waals surface area contributed by atoms with Gasteiger partial charge in [0.25, 0.3) is 17.7 Å². The summed E-state index contributed by atoms with van der Waals surface area (Å²) in [6, 6.07) is 15.7. The highest BCUT2D eigenvalue weighted by molar-refractivity contribution is 9.09. The number of aromatic amines is 1. The van der Waals surface area contributed by atoms with Crippen LogP contribution in [0.25, 0.3) is 22.0 Å². The molecule has 0 fully saturated rings. The third-order valence-corrected chi connectivity index (χ3v) is 17.0. The van der Waals surface area contributed by atoms with E-state index in [9.17, 15) is 19.5 Å². The number of alkyl halides is 1. The van der Waals surface area contributed by atoms with Crippen LogP contribution in [0.1, 0.15) is 149 Å². The van der Waals surface area contributed by atoms with E-state index in [1.165, 1.54) is 53.7 Å². The van der Waals surface area contributed by atoms with Crippen molar-refractivity contribution in [1.29, 1.82) is 0 Å². The van der Waals surface area contributed by atoms with Crippen molar-refractivity contribution in [1.82, 2.24) is 14.8 Å². The fourth-order valence-corrected chi connectivity index (χ4v) is 12.5. The molecule has 0 bridgehead atoms. The second-order valence-electron chi connectivity index (χ2n) is 17.0. The molecule has 348 valence electrons. The van der Waals surface area contributed by atoms with Gasteiger partial charge >= 0.3 is 0 Å². The van der Waals surface area contributed by atoms with Crippen LogP contribution < -0.4 is 0 Å². The Balaban J connectivity index is 0.000000200. The minimum atomic E-state index is -0.302. The second-order valence-corrected chi connectivity index (χ2v) is 21.4. The van der Waals surface area contributed by atoms with E-state index in [4.69, 9.17) is 0 Å². The van der Waals surface area contributed by atoms with Crippen LogP contribution in [0.2, 0.25) is 0 Å². The van der Waals surface area contributed by atoms with Crippen molar-refractivity contribution < 1.29 is 19.5 Å². The molecule has 0 saturated carbocycles. The third-order valence-electron chi connectivity index (χ3n) is 12.6. The van der Waals surface area contributed by atoms with Crippen LogP contribution >= 0.6 is 61.3 Å². The zero-order valence-corrected chi connectivity index (χ0v) is 43.6. The number of hydrogen-bond donors (Lipinski definition) is 2. The molecule has 3 unspecified atom stereocenters. The molecular formula is C52H65BrN4O4S4. The first-order chi connectivity index (χ1) is 31.6. The number of nitrogens with zero attached hydrogens (tertiary/aromatic N) is 3. The van der Waals surface area contributed by atoms with Gasteiger partial charge < -0.3 is 19.9 Å². The molecule has 3 atom stereocenters. The maximum absolute atomic E-state index is 14.2. The number of fused-ring (bicyclic) bond motifs is 2. The van der Waals surface area contributed by atoms with Crippen LogP contribution in [-0.4, -0.2) is 61.7 Å². The Morgan fingerprint density at radius 1 is 0.600 bits per heavy atom. The smallest absolute Gasteiger partial charge is 0.280 e. The van der Waals surface area contributed by atoms with E-state index in [1.54, 1.807) is 22.7 Å². The van der Waals surface area contributed by atoms with E-state index in [0.29, 0.717) is 58.6 Å². The number of carbonyl (C=O) groups is 3. The zero-order valence-electron chi connectivity index (χ0n) is 38.8. The number of unbranched alkanes of at least 4 members (excludes halogenated alkanes) is 3. The van der Waals surface area contributed by atoms with Gasteiger partial charge in [0.05, 0.1) is 64.6 Å². The lowest BCUT2D eigenvalue weighted by atomic mass is 9.98. The number of aromatic nitrogens is 1. The molecule has 0 aromatic carbocycles. The molecule has 8 rings (SSSR count). The average Bonchev–Trinajstić information content (AvgIpc) is 4.17. The Hall–Kier alpha value is -3.88. The third kappa shape index (κ3) is 11.6. The highest BCUT2D eigenvalue weighted by atomic mass is 79.9. The molecule has 65 heavy (non-hydrogen) atoms. The largest absolute Gasteiger partial charge is 0.494 e. The maximum atomic E-state index is 14.2. The van der Waals surface area contributed by atoms with Gasteiger partial charge in [0.2, 0.25) is 0 Å². The Morgan fingerprint density at radius 3 is 1.40 bits per heavy atom. The Bertz CT molecular complexity index is 2300. The number of aliphatic imine (C=N–C) groups is 1. The SMILES string of the molecule is CCCCC(CC)CBr.CCCCC(CC)CN1C(=O)C2=C(c3cccs3)N(CC(CC)CCCC)C(=O)C2=C1c1cccs1.O=C1N=C(c2cccs2)c2c(O)[nH]c(-c3cccs3)c21. The molecule has 3 aliphatic rings. The molecule has 2 N–H and O–H groups in total. The summed E-state index contributed by atoms with van der Waals surface area (Å²) in [7, 11) is 0. The van der Waals surface area contributed by atoms with E-state index >= 15 is 0 Å². The van der Waals surface area contributed by atoms with Crippen LogP contribution in [0.3, 0.4) is 0 Å². The van der Waals surface area contributed by atoms with Crippen molar-refractivity contribution in [3.05, 3.63) is 107 Å². The van der Waals surface area contributed by atoms with Gasteiger partial charge in [0.1, 0.15) is 0 Å². The van der Waals surface area contributed by atoms with Crippen molar-refractivity contribution >= 4 is 96.1 Å². The normalized spacial score (nSPS) is 15.8. The predicted octanol–water partition coefficient (Wildman–Crippen LogP) is 15.1. The number of nitrogens with one attached hydrogen (secondary N) is 1. The number of thiophene rings is 4. The number of amides is 3. The van der Waals surface area contributed by atoms with Gasteiger partial charge in [0, 0.05) is 18.4 Å². The summed E-state index contributed by atoms with van der Waals surface area (Å²) in [5.41, 5.74) is 5.10. The number of halogens is 1.